The monoisotopic (exact) mass is 539 g/mol. The molecule has 1 spiro atoms. The van der Waals surface area contributed by atoms with Crippen molar-refractivity contribution in [3.05, 3.63) is 52.6 Å². The molecule has 7 heteroatoms. The highest BCUT2D eigenvalue weighted by Crippen LogP contribution is 2.73. The molecule has 6 rings (SSSR count). The number of fused-ring (bicyclic) bond motifs is 5. The summed E-state index contributed by atoms with van der Waals surface area (Å²) in [4.78, 5) is 0. The van der Waals surface area contributed by atoms with Crippen LogP contribution in [0.25, 0.3) is 0 Å². The lowest BCUT2D eigenvalue weighted by atomic mass is 9.58. The maximum Gasteiger partial charge on any atom is 0.184 e. The molecule has 2 saturated carbocycles. The average molecular weight is 540 g/mol. The van der Waals surface area contributed by atoms with Crippen LogP contribution in [0.4, 0.5) is 5.69 Å². The topological polar surface area (TPSA) is 100 Å². The molecule has 0 radical (unpaired) electrons. The van der Waals surface area contributed by atoms with E-state index in [1.54, 1.807) is 0 Å². The van der Waals surface area contributed by atoms with Gasteiger partial charge in [0.05, 0.1) is 18.1 Å². The summed E-state index contributed by atoms with van der Waals surface area (Å²) in [5.74, 6) is -0.363. The molecule has 1 aromatic carbocycles. The van der Waals surface area contributed by atoms with Crippen LogP contribution >= 0.6 is 0 Å². The lowest BCUT2D eigenvalue weighted by molar-refractivity contribution is -0.323. The van der Waals surface area contributed by atoms with Gasteiger partial charge in [-0.05, 0) is 80.1 Å². The molecule has 4 aliphatic carbocycles. The van der Waals surface area contributed by atoms with Crippen molar-refractivity contribution in [2.24, 2.45) is 34.5 Å². The van der Waals surface area contributed by atoms with Gasteiger partial charge < -0.3 is 34.8 Å². The zero-order valence-electron chi connectivity index (χ0n) is 24.5. The average Bonchev–Trinajstić information content (AvgIpc) is 3.36. The number of hydrogen-bond acceptors (Lipinski definition) is 7. The Hall–Kier alpha value is -1.74. The Kier molecular flexibility index (Phi) is 6.07. The predicted octanol–water partition coefficient (Wildman–Crippen LogP) is 4.47. The first-order valence-electron chi connectivity index (χ1n) is 14.4. The summed E-state index contributed by atoms with van der Waals surface area (Å²) in [7, 11) is 1.81. The Labute approximate surface area is 232 Å². The van der Waals surface area contributed by atoms with E-state index in [1.807, 2.05) is 52.9 Å². The summed E-state index contributed by atoms with van der Waals surface area (Å²) in [5, 5.41) is 40.3. The second kappa shape index (κ2) is 8.63. The molecule has 214 valence electrons. The van der Waals surface area contributed by atoms with Crippen LogP contribution in [0.3, 0.4) is 0 Å². The third-order valence-corrected chi connectivity index (χ3v) is 11.0. The van der Waals surface area contributed by atoms with Gasteiger partial charge in [0.25, 0.3) is 0 Å². The molecule has 10 unspecified atom stereocenters. The molecule has 39 heavy (non-hydrogen) atoms. The lowest BCUT2D eigenvalue weighted by Crippen LogP contribution is -2.69. The molecule has 1 heterocycles. The zero-order chi connectivity index (χ0) is 28.3. The van der Waals surface area contributed by atoms with Crippen LogP contribution in [0, 0.1) is 41.4 Å². The number of aliphatic hydroxyl groups is 3. The van der Waals surface area contributed by atoms with Crippen LogP contribution in [0.15, 0.2) is 41.5 Å². The first-order chi connectivity index (χ1) is 18.2. The molecule has 7 nitrogen and oxygen atoms in total. The fourth-order valence-corrected chi connectivity index (χ4v) is 9.06. The SMILES string of the molecule is CNc1cccc(C)c1C(O)OC1C(C)=CC23C(C)CC4C(C(C=C5COC(C)(C)OC5C12O)C3O)C4(C)C. The molecule has 5 aliphatic rings. The number of rotatable bonds is 4. The number of hydrogen-bond donors (Lipinski definition) is 4. The van der Waals surface area contributed by atoms with Crippen molar-refractivity contribution in [2.45, 2.75) is 90.9 Å². The quantitative estimate of drug-likeness (QED) is 0.331. The molecule has 2 bridgehead atoms. The number of nitrogens with one attached hydrogen (secondary N) is 1. The Bertz CT molecular complexity index is 1240. The highest BCUT2D eigenvalue weighted by Gasteiger charge is 2.76. The van der Waals surface area contributed by atoms with Gasteiger partial charge in [-0.3, -0.25) is 0 Å². The first-order valence-corrected chi connectivity index (χ1v) is 14.4. The Morgan fingerprint density at radius 2 is 1.87 bits per heavy atom. The van der Waals surface area contributed by atoms with Gasteiger partial charge in [-0.1, -0.05) is 45.1 Å². The van der Waals surface area contributed by atoms with Gasteiger partial charge >= 0.3 is 0 Å². The van der Waals surface area contributed by atoms with Crippen molar-refractivity contribution >= 4 is 5.69 Å². The number of ether oxygens (including phenoxy) is 3. The molecule has 0 aromatic heterocycles. The van der Waals surface area contributed by atoms with Crippen LogP contribution in [-0.4, -0.2) is 58.7 Å². The minimum Gasteiger partial charge on any atom is -0.391 e. The van der Waals surface area contributed by atoms with Crippen LogP contribution in [-0.2, 0) is 14.2 Å². The van der Waals surface area contributed by atoms with Crippen molar-refractivity contribution in [2.75, 3.05) is 19.0 Å². The maximum atomic E-state index is 13.3. The van der Waals surface area contributed by atoms with E-state index in [4.69, 9.17) is 14.2 Å². The van der Waals surface area contributed by atoms with Crippen molar-refractivity contribution in [1.29, 1.82) is 0 Å². The zero-order valence-corrected chi connectivity index (χ0v) is 24.5. The summed E-state index contributed by atoms with van der Waals surface area (Å²) in [6.07, 6.45) is 1.28. The van der Waals surface area contributed by atoms with Crippen LogP contribution in [0.2, 0.25) is 0 Å². The van der Waals surface area contributed by atoms with E-state index in [0.29, 0.717) is 24.0 Å². The molecular formula is C32H45NO6. The van der Waals surface area contributed by atoms with Gasteiger partial charge in [0.1, 0.15) is 17.8 Å². The summed E-state index contributed by atoms with van der Waals surface area (Å²) in [6, 6.07) is 5.76. The van der Waals surface area contributed by atoms with Gasteiger partial charge in [0, 0.05) is 24.2 Å². The summed E-state index contributed by atoms with van der Waals surface area (Å²) in [5.41, 5.74) is 1.34. The summed E-state index contributed by atoms with van der Waals surface area (Å²) >= 11 is 0. The third kappa shape index (κ3) is 3.57. The van der Waals surface area contributed by atoms with Gasteiger partial charge in [0.2, 0.25) is 0 Å². The van der Waals surface area contributed by atoms with E-state index < -0.39 is 41.4 Å². The number of aryl methyl sites for hydroxylation is 1. The normalized spacial score (nSPS) is 44.0. The Morgan fingerprint density at radius 3 is 2.56 bits per heavy atom. The number of anilines is 1. The van der Waals surface area contributed by atoms with Crippen molar-refractivity contribution in [1.82, 2.24) is 0 Å². The number of benzene rings is 1. The van der Waals surface area contributed by atoms with Gasteiger partial charge in [-0.2, -0.15) is 0 Å². The lowest BCUT2D eigenvalue weighted by Gasteiger charge is -2.55. The molecule has 4 N–H and O–H groups in total. The third-order valence-electron chi connectivity index (χ3n) is 11.0. The minimum atomic E-state index is -1.66. The van der Waals surface area contributed by atoms with E-state index in [-0.39, 0.29) is 17.3 Å². The van der Waals surface area contributed by atoms with Crippen molar-refractivity contribution < 1.29 is 29.5 Å². The Morgan fingerprint density at radius 1 is 1.15 bits per heavy atom. The highest BCUT2D eigenvalue weighted by atomic mass is 16.7. The van der Waals surface area contributed by atoms with E-state index in [9.17, 15) is 15.3 Å². The summed E-state index contributed by atoms with van der Waals surface area (Å²) in [6.45, 7) is 14.6. The fourth-order valence-electron chi connectivity index (χ4n) is 9.06. The van der Waals surface area contributed by atoms with Crippen LogP contribution < -0.4 is 5.32 Å². The molecule has 3 fully saturated rings. The highest BCUT2D eigenvalue weighted by molar-refractivity contribution is 5.55. The van der Waals surface area contributed by atoms with E-state index in [2.05, 4.69) is 38.2 Å². The van der Waals surface area contributed by atoms with Gasteiger partial charge in [-0.25, -0.2) is 0 Å². The maximum absolute atomic E-state index is 13.3. The van der Waals surface area contributed by atoms with E-state index in [1.165, 1.54) is 0 Å². The van der Waals surface area contributed by atoms with Crippen molar-refractivity contribution in [3.63, 3.8) is 0 Å². The molecule has 1 aromatic rings. The second-order valence-corrected chi connectivity index (χ2v) is 13.8. The number of aliphatic hydroxyl groups excluding tert-OH is 2. The molecular weight excluding hydrogens is 494 g/mol. The fraction of sp³-hybridized carbons (Fsp3) is 0.688. The van der Waals surface area contributed by atoms with E-state index in [0.717, 1.165) is 28.8 Å². The Balaban J connectivity index is 1.51. The minimum absolute atomic E-state index is 0.0499. The second-order valence-electron chi connectivity index (χ2n) is 13.8. The predicted molar refractivity (Wildman–Crippen MR) is 149 cm³/mol. The van der Waals surface area contributed by atoms with Gasteiger partial charge in [-0.15, -0.1) is 0 Å². The van der Waals surface area contributed by atoms with Crippen LogP contribution in [0.5, 0.6) is 0 Å². The van der Waals surface area contributed by atoms with Crippen LogP contribution in [0.1, 0.15) is 65.4 Å². The molecule has 1 aliphatic heterocycles. The molecule has 1 saturated heterocycles. The smallest absolute Gasteiger partial charge is 0.184 e. The van der Waals surface area contributed by atoms with E-state index >= 15 is 0 Å². The largest absolute Gasteiger partial charge is 0.391 e. The summed E-state index contributed by atoms with van der Waals surface area (Å²) < 4.78 is 19.2. The molecule has 10 atom stereocenters. The van der Waals surface area contributed by atoms with Gasteiger partial charge in [0.15, 0.2) is 12.1 Å². The standard InChI is InChI=1S/C32H45NO6/c1-16-10-9-11-22(33-8)23(16)28(35)38-26-17(2)14-31-18(3)12-21-24(29(21,4)5)20(25(31)34)13-19-15-37-30(6,7)39-27(19)32(26,31)36/h9-11,13-14,18,20-21,24-28,33-36H,12,15H2,1-8H3. The molecule has 0 amide bonds. The van der Waals surface area contributed by atoms with Crippen molar-refractivity contribution in [3.8, 4) is 0 Å². The first kappa shape index (κ1) is 27.4.